The van der Waals surface area contributed by atoms with Gasteiger partial charge in [0, 0.05) is 18.7 Å². The molecule has 2 rings (SSSR count). The summed E-state index contributed by atoms with van der Waals surface area (Å²) in [5.41, 5.74) is 1.59. The van der Waals surface area contributed by atoms with Crippen LogP contribution < -0.4 is 24.8 Å². The first-order chi connectivity index (χ1) is 14.1. The smallest absolute Gasteiger partial charge is 0.387 e. The van der Waals surface area contributed by atoms with Crippen molar-refractivity contribution in [1.29, 1.82) is 0 Å². The number of rotatable bonds is 10. The Morgan fingerprint density at radius 3 is 2.48 bits per heavy atom. The lowest BCUT2D eigenvalue weighted by molar-refractivity contribution is -0.0504. The van der Waals surface area contributed by atoms with Crippen LogP contribution >= 0.6 is 0 Å². The Hall–Kier alpha value is -3.03. The zero-order valence-electron chi connectivity index (χ0n) is 16.9. The van der Waals surface area contributed by atoms with Gasteiger partial charge in [0.2, 0.25) is 0 Å². The second-order valence-corrected chi connectivity index (χ2v) is 6.04. The van der Waals surface area contributed by atoms with Crippen molar-refractivity contribution in [3.8, 4) is 17.2 Å². The van der Waals surface area contributed by atoms with Gasteiger partial charge in [-0.2, -0.15) is 8.78 Å². The van der Waals surface area contributed by atoms with E-state index in [1.807, 2.05) is 25.1 Å². The number of aliphatic imine (C=N–C) groups is 1. The Bertz CT molecular complexity index is 800. The molecule has 0 radical (unpaired) electrons. The number of hydrogen-bond donors (Lipinski definition) is 2. The molecule has 0 spiro atoms. The number of para-hydroxylation sites is 1. The molecule has 0 saturated carbocycles. The summed E-state index contributed by atoms with van der Waals surface area (Å²) in [5, 5.41) is 6.39. The maximum Gasteiger partial charge on any atom is 0.387 e. The molecule has 0 unspecified atom stereocenters. The third-order valence-electron chi connectivity index (χ3n) is 4.11. The number of benzene rings is 2. The van der Waals surface area contributed by atoms with E-state index in [1.165, 1.54) is 6.07 Å². The van der Waals surface area contributed by atoms with Crippen molar-refractivity contribution in [2.45, 2.75) is 26.5 Å². The molecule has 0 aliphatic rings. The van der Waals surface area contributed by atoms with Crippen LogP contribution in [-0.2, 0) is 13.0 Å². The normalized spacial score (nSPS) is 11.3. The standard InChI is InChI=1S/C21H27F2N3O3/c1-4-24-21(26-14-16-7-5-6-8-19(16)29-20(22)23)25-12-11-15-13-17(27-2)9-10-18(15)28-3/h5-10,13,20H,4,11-12,14H2,1-3H3,(H2,24,25,26). The van der Waals surface area contributed by atoms with Gasteiger partial charge in [-0.3, -0.25) is 0 Å². The Balaban J connectivity index is 2.02. The summed E-state index contributed by atoms with van der Waals surface area (Å²) in [4.78, 5) is 4.47. The molecule has 0 amide bonds. The minimum absolute atomic E-state index is 0.128. The van der Waals surface area contributed by atoms with Gasteiger partial charge in [-0.05, 0) is 43.2 Å². The van der Waals surface area contributed by atoms with Crippen LogP contribution in [0.4, 0.5) is 8.78 Å². The quantitative estimate of drug-likeness (QED) is 0.465. The summed E-state index contributed by atoms with van der Waals surface area (Å²) in [7, 11) is 3.25. The van der Waals surface area contributed by atoms with Gasteiger partial charge in [0.05, 0.1) is 20.8 Å². The van der Waals surface area contributed by atoms with E-state index in [9.17, 15) is 8.78 Å². The Morgan fingerprint density at radius 1 is 1.00 bits per heavy atom. The molecule has 0 aliphatic carbocycles. The molecule has 6 nitrogen and oxygen atoms in total. The first-order valence-corrected chi connectivity index (χ1v) is 9.33. The van der Waals surface area contributed by atoms with Crippen molar-refractivity contribution in [3.63, 3.8) is 0 Å². The monoisotopic (exact) mass is 407 g/mol. The number of guanidine groups is 1. The molecule has 2 aromatic rings. The number of methoxy groups -OCH3 is 2. The summed E-state index contributed by atoms with van der Waals surface area (Å²) < 4.78 is 40.3. The maximum atomic E-state index is 12.6. The van der Waals surface area contributed by atoms with Crippen molar-refractivity contribution >= 4 is 5.96 Å². The average molecular weight is 407 g/mol. The highest BCUT2D eigenvalue weighted by atomic mass is 19.3. The number of nitrogens with zero attached hydrogens (tertiary/aromatic N) is 1. The van der Waals surface area contributed by atoms with Crippen molar-refractivity contribution in [2.75, 3.05) is 27.3 Å². The van der Waals surface area contributed by atoms with Gasteiger partial charge < -0.3 is 24.8 Å². The van der Waals surface area contributed by atoms with Crippen LogP contribution in [0.2, 0.25) is 0 Å². The SMILES string of the molecule is CCNC(=NCc1ccccc1OC(F)F)NCCc1cc(OC)ccc1OC. The molecule has 0 saturated heterocycles. The van der Waals surface area contributed by atoms with Crippen LogP contribution in [-0.4, -0.2) is 39.9 Å². The Morgan fingerprint density at radius 2 is 1.79 bits per heavy atom. The fraction of sp³-hybridized carbons (Fsp3) is 0.381. The second-order valence-electron chi connectivity index (χ2n) is 6.04. The van der Waals surface area contributed by atoms with Gasteiger partial charge in [-0.1, -0.05) is 18.2 Å². The van der Waals surface area contributed by atoms with Gasteiger partial charge >= 0.3 is 6.61 Å². The second kappa shape index (κ2) is 11.7. The van der Waals surface area contributed by atoms with E-state index in [4.69, 9.17) is 9.47 Å². The molecule has 0 fully saturated rings. The minimum atomic E-state index is -2.87. The van der Waals surface area contributed by atoms with Crippen LogP contribution in [0.5, 0.6) is 17.2 Å². The average Bonchev–Trinajstić information content (AvgIpc) is 2.72. The van der Waals surface area contributed by atoms with E-state index in [1.54, 1.807) is 32.4 Å². The largest absolute Gasteiger partial charge is 0.497 e. The van der Waals surface area contributed by atoms with Crippen molar-refractivity contribution < 1.29 is 23.0 Å². The van der Waals surface area contributed by atoms with Gasteiger partial charge in [0.25, 0.3) is 0 Å². The van der Waals surface area contributed by atoms with Gasteiger partial charge in [0.1, 0.15) is 17.2 Å². The Labute approximate surface area is 169 Å². The van der Waals surface area contributed by atoms with Crippen molar-refractivity contribution in [2.24, 2.45) is 4.99 Å². The number of nitrogens with one attached hydrogen (secondary N) is 2. The van der Waals surface area contributed by atoms with Crippen LogP contribution in [0.3, 0.4) is 0 Å². The summed E-state index contributed by atoms with van der Waals surface area (Å²) >= 11 is 0. The van der Waals surface area contributed by atoms with E-state index in [2.05, 4.69) is 20.4 Å². The molecule has 0 bridgehead atoms. The predicted molar refractivity (Wildman–Crippen MR) is 109 cm³/mol. The van der Waals surface area contributed by atoms with Gasteiger partial charge in [-0.25, -0.2) is 4.99 Å². The number of hydrogen-bond acceptors (Lipinski definition) is 4. The fourth-order valence-corrected chi connectivity index (χ4v) is 2.74. The lowest BCUT2D eigenvalue weighted by Gasteiger charge is -2.14. The maximum absolute atomic E-state index is 12.6. The highest BCUT2D eigenvalue weighted by Gasteiger charge is 2.09. The fourth-order valence-electron chi connectivity index (χ4n) is 2.74. The molecule has 158 valence electrons. The third-order valence-corrected chi connectivity index (χ3v) is 4.11. The van der Waals surface area contributed by atoms with Crippen LogP contribution in [0.15, 0.2) is 47.5 Å². The predicted octanol–water partition coefficient (Wildman–Crippen LogP) is 3.60. The van der Waals surface area contributed by atoms with Crippen LogP contribution in [0.25, 0.3) is 0 Å². The molecular weight excluding hydrogens is 380 g/mol. The van der Waals surface area contributed by atoms with E-state index >= 15 is 0 Å². The summed E-state index contributed by atoms with van der Waals surface area (Å²) in [5.74, 6) is 2.26. The highest BCUT2D eigenvalue weighted by molar-refractivity contribution is 5.79. The summed E-state index contributed by atoms with van der Waals surface area (Å²) in [6.07, 6.45) is 0.690. The summed E-state index contributed by atoms with van der Waals surface area (Å²) in [6.45, 7) is 0.564. The number of alkyl halides is 2. The van der Waals surface area contributed by atoms with Crippen LogP contribution in [0.1, 0.15) is 18.1 Å². The molecule has 2 N–H and O–H groups in total. The first-order valence-electron chi connectivity index (χ1n) is 9.33. The van der Waals surface area contributed by atoms with Gasteiger partial charge in [0.15, 0.2) is 5.96 Å². The lowest BCUT2D eigenvalue weighted by atomic mass is 10.1. The Kier molecular flexibility index (Phi) is 9.01. The zero-order chi connectivity index (χ0) is 21.1. The molecule has 0 aromatic heterocycles. The zero-order valence-corrected chi connectivity index (χ0v) is 16.9. The van der Waals surface area contributed by atoms with E-state index in [0.29, 0.717) is 31.0 Å². The third kappa shape index (κ3) is 7.14. The van der Waals surface area contributed by atoms with E-state index in [-0.39, 0.29) is 12.3 Å². The molecule has 0 atom stereocenters. The highest BCUT2D eigenvalue weighted by Crippen LogP contribution is 2.24. The van der Waals surface area contributed by atoms with E-state index < -0.39 is 6.61 Å². The molecule has 0 aliphatic heterocycles. The lowest BCUT2D eigenvalue weighted by Crippen LogP contribution is -2.38. The first kappa shape index (κ1) is 22.3. The molecule has 0 heterocycles. The number of ether oxygens (including phenoxy) is 3. The molecular formula is C21H27F2N3O3. The molecule has 8 heteroatoms. The molecule has 2 aromatic carbocycles. The molecule has 29 heavy (non-hydrogen) atoms. The van der Waals surface area contributed by atoms with Crippen LogP contribution in [0, 0.1) is 0 Å². The minimum Gasteiger partial charge on any atom is -0.497 e. The topological polar surface area (TPSA) is 64.1 Å². The van der Waals surface area contributed by atoms with Crippen molar-refractivity contribution in [3.05, 3.63) is 53.6 Å². The van der Waals surface area contributed by atoms with E-state index in [0.717, 1.165) is 17.1 Å². The number of halogens is 2. The van der Waals surface area contributed by atoms with Crippen molar-refractivity contribution in [1.82, 2.24) is 10.6 Å². The summed E-state index contributed by atoms with van der Waals surface area (Å²) in [6, 6.07) is 12.3. The van der Waals surface area contributed by atoms with Gasteiger partial charge in [-0.15, -0.1) is 0 Å².